The van der Waals surface area contributed by atoms with Crippen molar-refractivity contribution in [3.05, 3.63) is 42.0 Å². The minimum absolute atomic E-state index is 0. The minimum Gasteiger partial charge on any atom is -0.493 e. The average molecular weight is 510 g/mol. The molecule has 0 aliphatic carbocycles. The zero-order valence-corrected chi connectivity index (χ0v) is 21.4. The number of methoxy groups -OCH3 is 2. The molecule has 2 heterocycles. The Morgan fingerprint density at radius 1 is 1.15 bits per heavy atom. The summed E-state index contributed by atoms with van der Waals surface area (Å²) in [5.74, 6) is 1.01. The van der Waals surface area contributed by atoms with Crippen LogP contribution < -0.4 is 14.4 Å². The Kier molecular flexibility index (Phi) is 9.22. The number of morpholine rings is 1. The molecule has 4 rings (SSSR count). The molecular weight excluding hydrogens is 482 g/mol. The van der Waals surface area contributed by atoms with Crippen molar-refractivity contribution in [2.45, 2.75) is 4.90 Å². The molecule has 0 bridgehead atoms. The number of carbonyl (C=O) groups excluding carboxylic acids is 1. The van der Waals surface area contributed by atoms with Gasteiger partial charge >= 0.3 is 0 Å². The minimum atomic E-state index is -0.108. The number of anilines is 1. The molecule has 1 amide bonds. The zero-order chi connectivity index (χ0) is 22.5. The number of thiazole rings is 1. The van der Waals surface area contributed by atoms with E-state index in [0.717, 1.165) is 43.1 Å². The molecule has 0 radical (unpaired) electrons. The lowest BCUT2D eigenvalue weighted by Gasteiger charge is -2.29. The lowest BCUT2D eigenvalue weighted by Crippen LogP contribution is -2.43. The smallest absolute Gasteiger partial charge is 0.260 e. The van der Waals surface area contributed by atoms with Gasteiger partial charge in [-0.15, -0.1) is 24.2 Å². The molecule has 1 saturated heterocycles. The molecule has 0 unspecified atom stereocenters. The normalized spacial score (nSPS) is 14.0. The summed E-state index contributed by atoms with van der Waals surface area (Å²) < 4.78 is 17.3. The van der Waals surface area contributed by atoms with Gasteiger partial charge in [-0.1, -0.05) is 11.3 Å². The fourth-order valence-corrected chi connectivity index (χ4v) is 5.15. The van der Waals surface area contributed by atoms with E-state index in [4.69, 9.17) is 19.2 Å². The number of amides is 1. The van der Waals surface area contributed by atoms with Crippen LogP contribution in [0.25, 0.3) is 10.2 Å². The SMILES string of the molecule is COc1ccc(C(=O)N(CCN2CCOCC2)c2nc3ccc(SC)cc3s2)cc1OC.Cl. The predicted octanol–water partition coefficient (Wildman–Crippen LogP) is 4.44. The fourth-order valence-electron chi connectivity index (χ4n) is 3.61. The monoisotopic (exact) mass is 509 g/mol. The first kappa shape index (κ1) is 25.6. The quantitative estimate of drug-likeness (QED) is 0.416. The Labute approximate surface area is 208 Å². The summed E-state index contributed by atoms with van der Waals surface area (Å²) in [6.07, 6.45) is 2.05. The van der Waals surface area contributed by atoms with Crippen molar-refractivity contribution in [2.75, 3.05) is 64.8 Å². The molecule has 0 spiro atoms. The van der Waals surface area contributed by atoms with Gasteiger partial charge in [-0.3, -0.25) is 14.6 Å². The number of rotatable bonds is 8. The molecule has 10 heteroatoms. The fraction of sp³-hybridized carbons (Fsp3) is 0.391. The van der Waals surface area contributed by atoms with Gasteiger partial charge in [0.15, 0.2) is 16.6 Å². The van der Waals surface area contributed by atoms with Crippen LogP contribution in [0.5, 0.6) is 11.5 Å². The van der Waals surface area contributed by atoms with Crippen molar-refractivity contribution in [3.63, 3.8) is 0 Å². The molecule has 178 valence electrons. The van der Waals surface area contributed by atoms with Gasteiger partial charge in [0, 0.05) is 36.6 Å². The highest BCUT2D eigenvalue weighted by Crippen LogP contribution is 2.33. The first-order valence-corrected chi connectivity index (χ1v) is 12.5. The largest absolute Gasteiger partial charge is 0.493 e. The van der Waals surface area contributed by atoms with E-state index in [2.05, 4.69) is 23.3 Å². The summed E-state index contributed by atoms with van der Waals surface area (Å²) in [6.45, 7) is 4.49. The van der Waals surface area contributed by atoms with E-state index >= 15 is 0 Å². The van der Waals surface area contributed by atoms with Crippen LogP contribution in [0, 0.1) is 0 Å². The third-order valence-corrected chi connectivity index (χ3v) is 7.20. The molecule has 7 nitrogen and oxygen atoms in total. The topological polar surface area (TPSA) is 64.1 Å². The van der Waals surface area contributed by atoms with Gasteiger partial charge in [0.05, 0.1) is 37.6 Å². The summed E-state index contributed by atoms with van der Waals surface area (Å²) in [5, 5.41) is 0.700. The Hall–Kier alpha value is -2.04. The van der Waals surface area contributed by atoms with Crippen molar-refractivity contribution >= 4 is 56.8 Å². The Bertz CT molecular complexity index is 1090. The Morgan fingerprint density at radius 2 is 1.91 bits per heavy atom. The highest BCUT2D eigenvalue weighted by Gasteiger charge is 2.24. The van der Waals surface area contributed by atoms with Crippen LogP contribution in [0.1, 0.15) is 10.4 Å². The third-order valence-electron chi connectivity index (χ3n) is 5.43. The van der Waals surface area contributed by atoms with Crippen molar-refractivity contribution in [1.29, 1.82) is 0 Å². The highest BCUT2D eigenvalue weighted by molar-refractivity contribution is 7.98. The lowest BCUT2D eigenvalue weighted by molar-refractivity contribution is 0.0391. The van der Waals surface area contributed by atoms with E-state index in [1.807, 2.05) is 6.07 Å². The van der Waals surface area contributed by atoms with Crippen LogP contribution in [0.15, 0.2) is 41.3 Å². The van der Waals surface area contributed by atoms with E-state index < -0.39 is 0 Å². The van der Waals surface area contributed by atoms with Crippen molar-refractivity contribution in [1.82, 2.24) is 9.88 Å². The summed E-state index contributed by atoms with van der Waals surface area (Å²) in [5.41, 5.74) is 1.44. The Morgan fingerprint density at radius 3 is 2.61 bits per heavy atom. The molecular formula is C23H28ClN3O4S2. The van der Waals surface area contributed by atoms with Gasteiger partial charge in [-0.25, -0.2) is 4.98 Å². The first-order chi connectivity index (χ1) is 15.6. The second-order valence-electron chi connectivity index (χ2n) is 7.31. The summed E-state index contributed by atoms with van der Waals surface area (Å²) in [7, 11) is 3.15. The number of hydrogen-bond acceptors (Lipinski definition) is 8. The molecule has 0 N–H and O–H groups in total. The maximum atomic E-state index is 13.6. The molecule has 2 aromatic carbocycles. The number of ether oxygens (including phenoxy) is 3. The lowest BCUT2D eigenvalue weighted by atomic mass is 10.1. The molecule has 1 aliphatic heterocycles. The maximum absolute atomic E-state index is 13.6. The molecule has 1 aliphatic rings. The van der Waals surface area contributed by atoms with Crippen molar-refractivity contribution < 1.29 is 19.0 Å². The van der Waals surface area contributed by atoms with Crippen LogP contribution in [-0.4, -0.2) is 75.7 Å². The number of thioether (sulfide) groups is 1. The number of fused-ring (bicyclic) bond motifs is 1. The van der Waals surface area contributed by atoms with Crippen molar-refractivity contribution in [2.24, 2.45) is 0 Å². The summed E-state index contributed by atoms with van der Waals surface area (Å²) in [4.78, 5) is 23.7. The van der Waals surface area contributed by atoms with Crippen LogP contribution in [-0.2, 0) is 4.74 Å². The molecule has 1 aromatic heterocycles. The third kappa shape index (κ3) is 5.91. The van der Waals surface area contributed by atoms with Gasteiger partial charge in [0.25, 0.3) is 5.91 Å². The highest BCUT2D eigenvalue weighted by atomic mass is 35.5. The molecule has 0 saturated carbocycles. The van der Waals surface area contributed by atoms with E-state index in [0.29, 0.717) is 28.7 Å². The zero-order valence-electron chi connectivity index (χ0n) is 18.9. The molecule has 3 aromatic rings. The van der Waals surface area contributed by atoms with Crippen LogP contribution in [0.4, 0.5) is 5.13 Å². The number of carbonyl (C=O) groups is 1. The van der Waals surface area contributed by atoms with Gasteiger partial charge in [-0.2, -0.15) is 0 Å². The average Bonchev–Trinajstić information content (AvgIpc) is 3.27. The van der Waals surface area contributed by atoms with Crippen molar-refractivity contribution in [3.8, 4) is 11.5 Å². The van der Waals surface area contributed by atoms with Gasteiger partial charge in [0.2, 0.25) is 0 Å². The number of hydrogen-bond donors (Lipinski definition) is 0. The second-order valence-corrected chi connectivity index (χ2v) is 9.20. The van der Waals surface area contributed by atoms with E-state index in [-0.39, 0.29) is 18.3 Å². The molecule has 1 fully saturated rings. The maximum Gasteiger partial charge on any atom is 0.260 e. The van der Waals surface area contributed by atoms with Crippen LogP contribution in [0.3, 0.4) is 0 Å². The summed E-state index contributed by atoms with van der Waals surface area (Å²) in [6, 6.07) is 11.5. The molecule has 33 heavy (non-hydrogen) atoms. The predicted molar refractivity (Wildman–Crippen MR) is 137 cm³/mol. The first-order valence-electron chi connectivity index (χ1n) is 10.4. The van der Waals surface area contributed by atoms with Crippen LogP contribution in [0.2, 0.25) is 0 Å². The number of aromatic nitrogens is 1. The van der Waals surface area contributed by atoms with Gasteiger partial charge < -0.3 is 14.2 Å². The summed E-state index contributed by atoms with van der Waals surface area (Å²) >= 11 is 3.24. The van der Waals surface area contributed by atoms with Crippen LogP contribution >= 0.6 is 35.5 Å². The van der Waals surface area contributed by atoms with Gasteiger partial charge in [-0.05, 0) is 42.7 Å². The molecule has 0 atom stereocenters. The second kappa shape index (κ2) is 11.9. The number of nitrogens with zero attached hydrogens (tertiary/aromatic N) is 3. The number of halogens is 1. The standard InChI is InChI=1S/C23H27N3O4S2.ClH/c1-28-19-7-4-16(14-20(19)29-2)22(27)26(9-8-25-10-12-30-13-11-25)23-24-18-6-5-17(31-3)15-21(18)32-23;/h4-7,14-15H,8-13H2,1-3H3;1H. The van der Waals surface area contributed by atoms with E-state index in [9.17, 15) is 4.79 Å². The van der Waals surface area contributed by atoms with E-state index in [1.165, 1.54) is 4.90 Å². The van der Waals surface area contributed by atoms with Gasteiger partial charge in [0.1, 0.15) is 0 Å². The Balaban J connectivity index is 0.00000306. The number of benzene rings is 2. The van der Waals surface area contributed by atoms with E-state index in [1.54, 1.807) is 60.4 Å².